The van der Waals surface area contributed by atoms with Gasteiger partial charge in [0.05, 0.1) is 12.1 Å². The number of amides is 1. The van der Waals surface area contributed by atoms with Crippen LogP contribution in [0.5, 0.6) is 0 Å². The zero-order valence-electron chi connectivity index (χ0n) is 10.4. The minimum Gasteiger partial charge on any atom is -0.465 e. The fourth-order valence-corrected chi connectivity index (χ4v) is 3.23. The van der Waals surface area contributed by atoms with Crippen LogP contribution in [-0.2, 0) is 6.54 Å². The SMILES string of the molecule is N#C[C@H]1[C@H]2C[C@H](CN2C(=O)O)N1Cc1ccccc1. The van der Waals surface area contributed by atoms with Crippen molar-refractivity contribution in [1.82, 2.24) is 9.80 Å². The highest BCUT2D eigenvalue weighted by Gasteiger charge is 2.52. The summed E-state index contributed by atoms with van der Waals surface area (Å²) in [6, 6.07) is 12.0. The molecule has 0 aromatic heterocycles. The number of carboxylic acid groups (broad SMARTS) is 1. The summed E-state index contributed by atoms with van der Waals surface area (Å²) in [4.78, 5) is 14.7. The number of hydrogen-bond donors (Lipinski definition) is 1. The van der Waals surface area contributed by atoms with Gasteiger partial charge in [0.1, 0.15) is 6.04 Å². The molecule has 1 N–H and O–H groups in total. The van der Waals surface area contributed by atoms with Crippen LogP contribution in [0.15, 0.2) is 30.3 Å². The summed E-state index contributed by atoms with van der Waals surface area (Å²) < 4.78 is 0. The molecule has 0 aliphatic carbocycles. The first-order valence-corrected chi connectivity index (χ1v) is 6.39. The number of likely N-dealkylation sites (tertiary alicyclic amines) is 2. The lowest BCUT2D eigenvalue weighted by atomic mass is 10.1. The normalized spacial score (nSPS) is 29.4. The van der Waals surface area contributed by atoms with Crippen LogP contribution in [-0.4, -0.2) is 45.7 Å². The maximum absolute atomic E-state index is 11.1. The molecule has 3 rings (SSSR count). The molecule has 1 aromatic rings. The molecule has 1 amide bonds. The lowest BCUT2D eigenvalue weighted by Gasteiger charge is -2.36. The Morgan fingerprint density at radius 3 is 2.79 bits per heavy atom. The van der Waals surface area contributed by atoms with Crippen LogP contribution in [0.2, 0.25) is 0 Å². The summed E-state index contributed by atoms with van der Waals surface area (Å²) in [6.45, 7) is 1.23. The van der Waals surface area contributed by atoms with Gasteiger partial charge in [-0.05, 0) is 12.0 Å². The fourth-order valence-electron chi connectivity index (χ4n) is 3.23. The Hall–Kier alpha value is -2.06. The second kappa shape index (κ2) is 4.56. The number of benzene rings is 1. The summed E-state index contributed by atoms with van der Waals surface area (Å²) in [7, 11) is 0. The molecule has 2 aliphatic heterocycles. The monoisotopic (exact) mass is 257 g/mol. The average molecular weight is 257 g/mol. The Morgan fingerprint density at radius 1 is 1.42 bits per heavy atom. The van der Waals surface area contributed by atoms with Gasteiger partial charge in [0.25, 0.3) is 0 Å². The van der Waals surface area contributed by atoms with Gasteiger partial charge in [-0.15, -0.1) is 0 Å². The van der Waals surface area contributed by atoms with Crippen molar-refractivity contribution in [3.8, 4) is 6.07 Å². The number of rotatable bonds is 2. The number of hydrogen-bond acceptors (Lipinski definition) is 3. The van der Waals surface area contributed by atoms with Crippen LogP contribution in [0.3, 0.4) is 0 Å². The summed E-state index contributed by atoms with van der Waals surface area (Å²) in [5.41, 5.74) is 1.16. The van der Waals surface area contributed by atoms with Crippen LogP contribution < -0.4 is 0 Å². The van der Waals surface area contributed by atoms with E-state index in [-0.39, 0.29) is 18.1 Å². The van der Waals surface area contributed by atoms with Crippen molar-refractivity contribution in [2.24, 2.45) is 0 Å². The molecule has 98 valence electrons. The largest absolute Gasteiger partial charge is 0.465 e. The molecule has 0 unspecified atom stereocenters. The Morgan fingerprint density at radius 2 is 2.16 bits per heavy atom. The van der Waals surface area contributed by atoms with E-state index in [1.54, 1.807) is 0 Å². The van der Waals surface area contributed by atoms with Gasteiger partial charge in [0, 0.05) is 19.1 Å². The van der Waals surface area contributed by atoms with Gasteiger partial charge in [-0.25, -0.2) is 4.79 Å². The summed E-state index contributed by atoms with van der Waals surface area (Å²) in [5.74, 6) is 0. The van der Waals surface area contributed by atoms with E-state index in [1.807, 2.05) is 30.3 Å². The maximum Gasteiger partial charge on any atom is 0.407 e. The van der Waals surface area contributed by atoms with Crippen molar-refractivity contribution in [2.75, 3.05) is 6.54 Å². The van der Waals surface area contributed by atoms with Gasteiger partial charge >= 0.3 is 6.09 Å². The fraction of sp³-hybridized carbons (Fsp3) is 0.429. The van der Waals surface area contributed by atoms with E-state index in [2.05, 4.69) is 11.0 Å². The van der Waals surface area contributed by atoms with Crippen molar-refractivity contribution in [2.45, 2.75) is 31.1 Å². The Balaban J connectivity index is 1.78. The quantitative estimate of drug-likeness (QED) is 0.872. The van der Waals surface area contributed by atoms with Gasteiger partial charge in [0.2, 0.25) is 0 Å². The van der Waals surface area contributed by atoms with Crippen molar-refractivity contribution >= 4 is 6.09 Å². The van der Waals surface area contributed by atoms with Gasteiger partial charge in [-0.1, -0.05) is 30.3 Å². The van der Waals surface area contributed by atoms with E-state index in [1.165, 1.54) is 4.90 Å². The van der Waals surface area contributed by atoms with Crippen LogP contribution >= 0.6 is 0 Å². The molecule has 2 heterocycles. The molecule has 5 nitrogen and oxygen atoms in total. The van der Waals surface area contributed by atoms with Gasteiger partial charge in [-0.2, -0.15) is 5.26 Å². The first-order valence-electron chi connectivity index (χ1n) is 6.39. The number of carbonyl (C=O) groups is 1. The number of nitrogens with zero attached hydrogens (tertiary/aromatic N) is 3. The highest BCUT2D eigenvalue weighted by atomic mass is 16.4. The van der Waals surface area contributed by atoms with Crippen molar-refractivity contribution in [3.63, 3.8) is 0 Å². The first-order chi connectivity index (χ1) is 9.20. The second-order valence-corrected chi connectivity index (χ2v) is 5.12. The van der Waals surface area contributed by atoms with E-state index in [0.717, 1.165) is 12.0 Å². The average Bonchev–Trinajstić information content (AvgIpc) is 2.98. The molecular formula is C14H15N3O2. The summed E-state index contributed by atoms with van der Waals surface area (Å²) in [5, 5.41) is 18.4. The Labute approximate surface area is 111 Å². The first kappa shape index (κ1) is 12.0. The topological polar surface area (TPSA) is 67.6 Å². The van der Waals surface area contributed by atoms with Gasteiger partial charge in [-0.3, -0.25) is 4.90 Å². The molecule has 0 radical (unpaired) electrons. The minimum absolute atomic E-state index is 0.170. The molecule has 3 atom stereocenters. The predicted octanol–water partition coefficient (Wildman–Crippen LogP) is 1.52. The highest BCUT2D eigenvalue weighted by Crippen LogP contribution is 2.36. The molecular weight excluding hydrogens is 242 g/mol. The molecule has 19 heavy (non-hydrogen) atoms. The summed E-state index contributed by atoms with van der Waals surface area (Å²) >= 11 is 0. The van der Waals surface area contributed by atoms with E-state index in [9.17, 15) is 10.1 Å². The third-order valence-corrected chi connectivity index (χ3v) is 4.10. The van der Waals surface area contributed by atoms with Crippen LogP contribution in [0.4, 0.5) is 4.79 Å². The predicted molar refractivity (Wildman–Crippen MR) is 68.3 cm³/mol. The molecule has 2 aliphatic rings. The van der Waals surface area contributed by atoms with E-state index in [0.29, 0.717) is 13.1 Å². The van der Waals surface area contributed by atoms with E-state index < -0.39 is 6.09 Å². The molecule has 5 heteroatoms. The van der Waals surface area contributed by atoms with Crippen molar-refractivity contribution in [3.05, 3.63) is 35.9 Å². The van der Waals surface area contributed by atoms with E-state index in [4.69, 9.17) is 5.11 Å². The van der Waals surface area contributed by atoms with E-state index >= 15 is 0 Å². The van der Waals surface area contributed by atoms with Gasteiger partial charge in [0.15, 0.2) is 0 Å². The smallest absolute Gasteiger partial charge is 0.407 e. The molecule has 1 aromatic carbocycles. The number of piperazine rings is 1. The minimum atomic E-state index is -0.910. The van der Waals surface area contributed by atoms with Crippen LogP contribution in [0.1, 0.15) is 12.0 Å². The second-order valence-electron chi connectivity index (χ2n) is 5.12. The third-order valence-electron chi connectivity index (χ3n) is 4.10. The Kier molecular flexibility index (Phi) is 2.88. The lowest BCUT2D eigenvalue weighted by Crippen LogP contribution is -2.53. The van der Waals surface area contributed by atoms with Crippen molar-refractivity contribution in [1.29, 1.82) is 5.26 Å². The molecule has 2 saturated heterocycles. The summed E-state index contributed by atoms with van der Waals surface area (Å²) in [6.07, 6.45) is -0.135. The lowest BCUT2D eigenvalue weighted by molar-refractivity contribution is 0.0805. The van der Waals surface area contributed by atoms with Crippen molar-refractivity contribution < 1.29 is 9.90 Å². The molecule has 2 bridgehead atoms. The van der Waals surface area contributed by atoms with Crippen LogP contribution in [0.25, 0.3) is 0 Å². The Bertz CT molecular complexity index is 525. The third kappa shape index (κ3) is 1.94. The van der Waals surface area contributed by atoms with Crippen LogP contribution in [0, 0.1) is 11.3 Å². The number of fused-ring (bicyclic) bond motifs is 2. The molecule has 0 spiro atoms. The highest BCUT2D eigenvalue weighted by molar-refractivity contribution is 5.66. The maximum atomic E-state index is 11.1. The standard InChI is InChI=1S/C14H15N3O2/c15-7-13-12-6-11(9-17(12)14(18)19)16(13)8-10-4-2-1-3-5-10/h1-5,11-13H,6,8-9H2,(H,18,19)/t11-,12-,13+/m1/s1. The zero-order valence-corrected chi connectivity index (χ0v) is 10.4. The number of nitriles is 1. The zero-order chi connectivity index (χ0) is 13.4. The molecule has 2 fully saturated rings. The molecule has 0 saturated carbocycles. The van der Waals surface area contributed by atoms with Gasteiger partial charge < -0.3 is 10.0 Å².